The summed E-state index contributed by atoms with van der Waals surface area (Å²) in [5, 5.41) is 41.6. The van der Waals surface area contributed by atoms with Crippen LogP contribution in [0.4, 0.5) is 0 Å². The molecule has 0 amide bonds. The summed E-state index contributed by atoms with van der Waals surface area (Å²) in [6.45, 7) is 14.5. The first kappa shape index (κ1) is 58.3. The maximum Gasteiger partial charge on any atom is 0.342 e. The lowest BCUT2D eigenvalue weighted by Crippen LogP contribution is -2.34. The van der Waals surface area contributed by atoms with Gasteiger partial charge in [-0.1, -0.05) is 135 Å². The van der Waals surface area contributed by atoms with Crippen molar-refractivity contribution in [1.82, 2.24) is 0 Å². The minimum atomic E-state index is -1.12. The molecule has 3 aliphatic heterocycles. The molecule has 2 saturated heterocycles. The Labute approximate surface area is 440 Å². The number of cyclic esters (lactones) is 1. The third-order valence-corrected chi connectivity index (χ3v) is 13.1. The Morgan fingerprint density at radius 3 is 2.00 bits per heavy atom. The highest BCUT2D eigenvalue weighted by atomic mass is 16.8. The van der Waals surface area contributed by atoms with Gasteiger partial charge in [-0.2, -0.15) is 0 Å². The number of carboxylic acid groups (broad SMARTS) is 1. The van der Waals surface area contributed by atoms with Crippen molar-refractivity contribution in [1.29, 1.82) is 0 Å². The van der Waals surface area contributed by atoms with Gasteiger partial charge in [-0.25, -0.2) is 9.59 Å². The van der Waals surface area contributed by atoms with E-state index in [0.717, 1.165) is 22.3 Å². The fraction of sp³-hybridized carbons (Fsp3) is 0.433. The van der Waals surface area contributed by atoms with Gasteiger partial charge in [-0.15, -0.1) is 0 Å². The van der Waals surface area contributed by atoms with E-state index in [9.17, 15) is 30.0 Å². The smallest absolute Gasteiger partial charge is 0.342 e. The van der Waals surface area contributed by atoms with E-state index in [1.807, 2.05) is 132 Å². The number of esters is 1. The van der Waals surface area contributed by atoms with Crippen LogP contribution in [0.15, 0.2) is 121 Å². The van der Waals surface area contributed by atoms with Crippen molar-refractivity contribution in [2.45, 2.75) is 129 Å². The third kappa shape index (κ3) is 15.6. The Morgan fingerprint density at radius 1 is 0.773 bits per heavy atom. The lowest BCUT2D eigenvalue weighted by Gasteiger charge is -2.23. The standard InChI is InChI=1S/C30H38O8.C30H36O7/c1-19(20(2)31)14-16-24(32)28-26(37-30(3,4)38-28)13-9-12-23-22(21-10-7-6-8-11-21)15-17-25(36-18-35-5)27(23)29(33)34;1-19-14-16-24(31)28-26(36-30(3,4)37-28)13-9-12-23-22(21-10-7-6-8-11-21)15-17-25(34-18-33-5)27(23)29(32)35-20(19)2/h6-12,14-17,19-20,24,26,28,31-32H,13,18H2,1-5H3,(H,33,34);6-12,14-17,19-20,24,26,28,31H,13,18H2,1-5H3/b12-9+,16-14-;12-9?,16-14-/t2*19-,20+,24?,26+,28-/m11/s1. The van der Waals surface area contributed by atoms with Crippen molar-refractivity contribution < 1.29 is 72.6 Å². The van der Waals surface area contributed by atoms with E-state index < -0.39 is 66.2 Å². The molecule has 4 aromatic carbocycles. The van der Waals surface area contributed by atoms with Crippen LogP contribution in [0.25, 0.3) is 34.4 Å². The lowest BCUT2D eigenvalue weighted by atomic mass is 9.93. The zero-order valence-electron chi connectivity index (χ0n) is 44.6. The minimum absolute atomic E-state index is 0.00921. The number of ether oxygens (including phenoxy) is 9. The first-order chi connectivity index (χ1) is 35.7. The summed E-state index contributed by atoms with van der Waals surface area (Å²) in [5.74, 6) is -3.04. The highest BCUT2D eigenvalue weighted by Gasteiger charge is 2.45. The number of hydrogen-bond acceptors (Lipinski definition) is 14. The normalized spacial score (nSPS) is 25.0. The largest absolute Gasteiger partial charge is 0.478 e. The molecule has 10 atom stereocenters. The van der Waals surface area contributed by atoms with Crippen molar-refractivity contribution in [2.75, 3.05) is 27.8 Å². The van der Waals surface area contributed by atoms with Crippen LogP contribution in [-0.4, -0.2) is 121 Å². The Hall–Kier alpha value is -5.98. The molecule has 0 radical (unpaired) electrons. The summed E-state index contributed by atoms with van der Waals surface area (Å²) in [5.41, 5.74) is 4.92. The van der Waals surface area contributed by atoms with Crippen LogP contribution in [0.3, 0.4) is 0 Å². The highest BCUT2D eigenvalue weighted by Crippen LogP contribution is 2.39. The summed E-state index contributed by atoms with van der Waals surface area (Å²) in [7, 11) is 3.00. The van der Waals surface area contributed by atoms with Crippen LogP contribution >= 0.6 is 0 Å². The first-order valence-electron chi connectivity index (χ1n) is 25.3. The predicted molar refractivity (Wildman–Crippen MR) is 286 cm³/mol. The Bertz CT molecular complexity index is 2620. The second kappa shape index (κ2) is 26.7. The summed E-state index contributed by atoms with van der Waals surface area (Å²) in [6, 6.07) is 26.5. The molecule has 4 aromatic rings. The molecule has 0 aliphatic carbocycles. The minimum Gasteiger partial charge on any atom is -0.478 e. The van der Waals surface area contributed by atoms with E-state index in [4.69, 9.17) is 42.6 Å². The van der Waals surface area contributed by atoms with Gasteiger partial charge in [0.25, 0.3) is 0 Å². The molecule has 3 aliphatic rings. The van der Waals surface area contributed by atoms with Gasteiger partial charge in [0.1, 0.15) is 53.1 Å². The number of carbonyl (C=O) groups excluding carboxylic acids is 1. The number of hydrogen-bond donors (Lipinski definition) is 4. The summed E-state index contributed by atoms with van der Waals surface area (Å²) in [6.07, 6.45) is 10.3. The lowest BCUT2D eigenvalue weighted by molar-refractivity contribution is -0.152. The molecular weight excluding hydrogens is 961 g/mol. The molecule has 404 valence electrons. The van der Waals surface area contributed by atoms with E-state index in [2.05, 4.69) is 0 Å². The van der Waals surface area contributed by atoms with E-state index >= 15 is 0 Å². The Morgan fingerprint density at radius 2 is 1.37 bits per heavy atom. The number of aromatic carboxylic acids is 1. The molecule has 2 unspecified atom stereocenters. The number of benzene rings is 4. The van der Waals surface area contributed by atoms with Crippen molar-refractivity contribution >= 4 is 24.1 Å². The molecular formula is C60H74O15. The van der Waals surface area contributed by atoms with Crippen LogP contribution in [-0.2, 0) is 33.2 Å². The second-order valence-electron chi connectivity index (χ2n) is 19.8. The van der Waals surface area contributed by atoms with Gasteiger partial charge in [-0.3, -0.25) is 0 Å². The summed E-state index contributed by atoms with van der Waals surface area (Å²) < 4.78 is 51.6. The van der Waals surface area contributed by atoms with Crippen molar-refractivity contribution in [2.24, 2.45) is 11.8 Å². The molecule has 0 spiro atoms. The fourth-order valence-corrected chi connectivity index (χ4v) is 8.96. The van der Waals surface area contributed by atoms with Crippen LogP contribution in [0.1, 0.15) is 100 Å². The van der Waals surface area contributed by atoms with Crippen molar-refractivity contribution in [3.05, 3.63) is 144 Å². The van der Waals surface area contributed by atoms with Crippen LogP contribution in [0, 0.1) is 11.8 Å². The van der Waals surface area contributed by atoms with Crippen LogP contribution < -0.4 is 9.47 Å². The monoisotopic (exact) mass is 1030 g/mol. The van der Waals surface area contributed by atoms with Gasteiger partial charge in [0, 0.05) is 31.3 Å². The van der Waals surface area contributed by atoms with Crippen molar-refractivity contribution in [3.63, 3.8) is 0 Å². The number of carbonyl (C=O) groups is 2. The van der Waals surface area contributed by atoms with Gasteiger partial charge in [0.2, 0.25) is 0 Å². The number of fused-ring (bicyclic) bond motifs is 2. The molecule has 0 saturated carbocycles. The number of carboxylic acids is 1. The van der Waals surface area contributed by atoms with Crippen molar-refractivity contribution in [3.8, 4) is 33.8 Å². The summed E-state index contributed by atoms with van der Waals surface area (Å²) >= 11 is 0. The SMILES string of the molecule is COCOc1ccc(-c2ccccc2)c(/C=C/C[C@@H]2OC(C)(C)O[C@@H]2C(O)/C=C\[C@@H](C)[C@H](C)O)c1C(=O)O.COCOc1ccc(-c2ccccc2)c2c1C(=O)O[C@@H](C)[C@H](C)/C=C\C(O)[C@H]1OC(C)(C)O[C@H]1CC=C2. The molecule has 0 aromatic heterocycles. The maximum atomic E-state index is 13.6. The average Bonchev–Trinajstić information content (AvgIpc) is 3.88. The molecule has 2 fully saturated rings. The molecule has 0 bridgehead atoms. The zero-order chi connectivity index (χ0) is 54.5. The molecule has 75 heavy (non-hydrogen) atoms. The van der Waals surface area contributed by atoms with E-state index in [0.29, 0.717) is 35.3 Å². The average molecular weight is 1040 g/mol. The number of aliphatic hydroxyl groups is 3. The van der Waals surface area contributed by atoms with Gasteiger partial charge < -0.3 is 63.1 Å². The Balaban J connectivity index is 0.000000244. The third-order valence-electron chi connectivity index (χ3n) is 13.1. The van der Waals surface area contributed by atoms with Gasteiger partial charge >= 0.3 is 11.9 Å². The van der Waals surface area contributed by atoms with E-state index in [1.54, 1.807) is 57.2 Å². The number of aliphatic hydroxyl groups excluding tert-OH is 3. The maximum absolute atomic E-state index is 13.6. The van der Waals surface area contributed by atoms with E-state index in [1.165, 1.54) is 14.2 Å². The molecule has 7 rings (SSSR count). The first-order valence-corrected chi connectivity index (χ1v) is 25.3. The number of rotatable bonds is 16. The molecule has 15 nitrogen and oxygen atoms in total. The zero-order valence-corrected chi connectivity index (χ0v) is 44.6. The molecule has 3 heterocycles. The van der Waals surface area contributed by atoms with Crippen LogP contribution in [0.2, 0.25) is 0 Å². The van der Waals surface area contributed by atoms with E-state index in [-0.39, 0.29) is 42.8 Å². The topological polar surface area (TPSA) is 198 Å². The Kier molecular flexibility index (Phi) is 20.7. The fourth-order valence-electron chi connectivity index (χ4n) is 8.96. The second-order valence-corrected chi connectivity index (χ2v) is 19.8. The van der Waals surface area contributed by atoms with Gasteiger partial charge in [0.15, 0.2) is 25.2 Å². The highest BCUT2D eigenvalue weighted by molar-refractivity contribution is 6.00. The van der Waals surface area contributed by atoms with Crippen LogP contribution in [0.5, 0.6) is 11.5 Å². The molecule has 15 heteroatoms. The van der Waals surface area contributed by atoms with Gasteiger partial charge in [-0.05, 0) is 94.7 Å². The predicted octanol–water partition coefficient (Wildman–Crippen LogP) is 10.3. The summed E-state index contributed by atoms with van der Waals surface area (Å²) in [4.78, 5) is 26.0. The molecule has 4 N–H and O–H groups in total. The number of methoxy groups -OCH3 is 2. The van der Waals surface area contributed by atoms with Gasteiger partial charge in [0.05, 0.1) is 18.3 Å². The quantitative estimate of drug-likeness (QED) is 0.0469.